The average molecular weight is 560 g/mol. The second-order valence-electron chi connectivity index (χ2n) is 12.3. The number of alkyl carbamates (subject to hydrolysis) is 1. The third kappa shape index (κ3) is 9.07. The lowest BCUT2D eigenvalue weighted by molar-refractivity contribution is -0.141. The highest BCUT2D eigenvalue weighted by Crippen LogP contribution is 2.31. The van der Waals surface area contributed by atoms with Crippen LogP contribution in [0.3, 0.4) is 0 Å². The van der Waals surface area contributed by atoms with Gasteiger partial charge in [0.05, 0.1) is 0 Å². The van der Waals surface area contributed by atoms with Crippen LogP contribution in [-0.2, 0) is 14.3 Å². The van der Waals surface area contributed by atoms with E-state index in [2.05, 4.69) is 24.5 Å². The van der Waals surface area contributed by atoms with Crippen molar-refractivity contribution < 1.29 is 19.1 Å². The van der Waals surface area contributed by atoms with Crippen LogP contribution in [-0.4, -0.2) is 41.0 Å². The van der Waals surface area contributed by atoms with E-state index in [1.165, 1.54) is 0 Å². The molecule has 3 rings (SSSR count). The molecule has 0 fully saturated rings. The first-order chi connectivity index (χ1) is 19.2. The topological polar surface area (TPSA) is 87.7 Å². The Hall–Kier alpha value is -3.87. The lowest BCUT2D eigenvalue weighted by Gasteiger charge is -2.37. The molecule has 2 N–H and O–H groups in total. The molecular formula is C34H45N3O4. The fourth-order valence-electron chi connectivity index (χ4n) is 4.94. The lowest BCUT2D eigenvalue weighted by Crippen LogP contribution is -2.50. The predicted octanol–water partition coefficient (Wildman–Crippen LogP) is 7.31. The van der Waals surface area contributed by atoms with Gasteiger partial charge in [-0.1, -0.05) is 67.9 Å². The van der Waals surface area contributed by atoms with Crippen molar-refractivity contribution in [3.05, 3.63) is 77.4 Å². The number of hydrogen-bond donors (Lipinski definition) is 2. The molecule has 2 atom stereocenters. The summed E-state index contributed by atoms with van der Waals surface area (Å²) in [6.07, 6.45) is 0.918. The Morgan fingerprint density at radius 1 is 0.878 bits per heavy atom. The summed E-state index contributed by atoms with van der Waals surface area (Å²) in [4.78, 5) is 42.1. The highest BCUT2D eigenvalue weighted by Gasteiger charge is 2.36. The normalized spacial score (nSPS) is 13.0. The van der Waals surface area contributed by atoms with E-state index in [1.54, 1.807) is 25.7 Å². The average Bonchev–Trinajstić information content (AvgIpc) is 2.88. The Labute approximate surface area is 244 Å². The molecular weight excluding hydrogens is 514 g/mol. The van der Waals surface area contributed by atoms with Crippen molar-refractivity contribution in [3.8, 4) is 0 Å². The number of rotatable bonds is 10. The number of hydrogen-bond acceptors (Lipinski definition) is 4. The van der Waals surface area contributed by atoms with Gasteiger partial charge in [-0.3, -0.25) is 9.59 Å². The Morgan fingerprint density at radius 3 is 2.20 bits per heavy atom. The summed E-state index contributed by atoms with van der Waals surface area (Å²) in [5.74, 6) is -0.236. The van der Waals surface area contributed by atoms with Crippen LogP contribution < -0.4 is 10.6 Å². The second-order valence-corrected chi connectivity index (χ2v) is 12.3. The fourth-order valence-corrected chi connectivity index (χ4v) is 4.94. The number of carbonyl (C=O) groups is 3. The standard InChI is InChI=1S/C34H45N3O4/c1-22(2)13-15-25(5)37(30(38)21-35-33(40)41-34(6,7)8)31(29-18-14-23(3)19-24(29)4)32(39)36-28-17-16-26-11-9-10-12-27(26)20-28/h9-12,14,16-20,22,25,31H,13,15,21H2,1-8H3,(H,35,40)(H,36,39). The Bertz CT molecular complexity index is 1380. The molecule has 0 radical (unpaired) electrons. The number of fused-ring (bicyclic) bond motifs is 1. The molecule has 0 aromatic heterocycles. The first-order valence-corrected chi connectivity index (χ1v) is 14.4. The molecule has 0 heterocycles. The third-order valence-corrected chi connectivity index (χ3v) is 6.97. The minimum absolute atomic E-state index is 0.265. The van der Waals surface area contributed by atoms with Gasteiger partial charge in [-0.2, -0.15) is 0 Å². The molecule has 0 aliphatic heterocycles. The van der Waals surface area contributed by atoms with E-state index in [0.717, 1.165) is 33.9 Å². The van der Waals surface area contributed by atoms with Crippen LogP contribution in [0.25, 0.3) is 10.8 Å². The maximum absolute atomic E-state index is 14.2. The van der Waals surface area contributed by atoms with E-state index in [4.69, 9.17) is 4.74 Å². The summed E-state index contributed by atoms with van der Waals surface area (Å²) in [6.45, 7) is 15.2. The van der Waals surface area contributed by atoms with Crippen molar-refractivity contribution in [2.24, 2.45) is 5.92 Å². The number of benzene rings is 3. The second kappa shape index (κ2) is 13.7. The van der Waals surface area contributed by atoms with Gasteiger partial charge in [0.15, 0.2) is 0 Å². The number of nitrogens with one attached hydrogen (secondary N) is 2. The summed E-state index contributed by atoms with van der Waals surface area (Å²) in [6, 6.07) is 18.5. The Kier molecular flexibility index (Phi) is 10.5. The van der Waals surface area contributed by atoms with E-state index in [-0.39, 0.29) is 24.4 Å². The smallest absolute Gasteiger partial charge is 0.408 e. The summed E-state index contributed by atoms with van der Waals surface area (Å²) >= 11 is 0. The van der Waals surface area contributed by atoms with Gasteiger partial charge < -0.3 is 20.3 Å². The van der Waals surface area contributed by atoms with Crippen LogP contribution in [0.1, 0.15) is 77.1 Å². The molecule has 220 valence electrons. The summed E-state index contributed by atoms with van der Waals surface area (Å²) in [5.41, 5.74) is 2.68. The maximum Gasteiger partial charge on any atom is 0.408 e. The van der Waals surface area contributed by atoms with Gasteiger partial charge in [-0.15, -0.1) is 0 Å². The Morgan fingerprint density at radius 2 is 1.56 bits per heavy atom. The molecule has 41 heavy (non-hydrogen) atoms. The van der Waals surface area contributed by atoms with Crippen LogP contribution in [0.5, 0.6) is 0 Å². The third-order valence-electron chi connectivity index (χ3n) is 6.97. The van der Waals surface area contributed by atoms with E-state index in [1.807, 2.05) is 81.4 Å². The highest BCUT2D eigenvalue weighted by atomic mass is 16.6. The molecule has 7 nitrogen and oxygen atoms in total. The monoisotopic (exact) mass is 559 g/mol. The minimum atomic E-state index is -0.905. The van der Waals surface area contributed by atoms with Gasteiger partial charge in [0.1, 0.15) is 18.2 Å². The molecule has 0 saturated heterocycles. The van der Waals surface area contributed by atoms with Gasteiger partial charge in [0.25, 0.3) is 5.91 Å². The van der Waals surface area contributed by atoms with Crippen molar-refractivity contribution >= 4 is 34.4 Å². The Balaban J connectivity index is 2.01. The number of carbonyl (C=O) groups excluding carboxylic acids is 3. The van der Waals surface area contributed by atoms with Gasteiger partial charge in [-0.05, 0) is 94.3 Å². The fraction of sp³-hybridized carbons (Fsp3) is 0.441. The number of ether oxygens (including phenoxy) is 1. The highest BCUT2D eigenvalue weighted by molar-refractivity contribution is 6.00. The van der Waals surface area contributed by atoms with Crippen molar-refractivity contribution in [1.82, 2.24) is 10.2 Å². The van der Waals surface area contributed by atoms with E-state index in [0.29, 0.717) is 18.0 Å². The van der Waals surface area contributed by atoms with Gasteiger partial charge in [-0.25, -0.2) is 4.79 Å². The van der Waals surface area contributed by atoms with E-state index >= 15 is 0 Å². The molecule has 0 aliphatic carbocycles. The van der Waals surface area contributed by atoms with Gasteiger partial charge in [0.2, 0.25) is 5.91 Å². The summed E-state index contributed by atoms with van der Waals surface area (Å²) in [7, 11) is 0. The zero-order chi connectivity index (χ0) is 30.3. The molecule has 0 saturated carbocycles. The molecule has 3 aromatic carbocycles. The number of nitrogens with zero attached hydrogens (tertiary/aromatic N) is 1. The molecule has 0 bridgehead atoms. The van der Waals surface area contributed by atoms with Crippen molar-refractivity contribution in [2.45, 2.75) is 85.9 Å². The molecule has 0 spiro atoms. The zero-order valence-corrected chi connectivity index (χ0v) is 25.7. The molecule has 2 unspecified atom stereocenters. The molecule has 0 aliphatic rings. The zero-order valence-electron chi connectivity index (χ0n) is 25.7. The van der Waals surface area contributed by atoms with Crippen molar-refractivity contribution in [1.29, 1.82) is 0 Å². The number of amides is 3. The molecule has 7 heteroatoms. The van der Waals surface area contributed by atoms with Gasteiger partial charge >= 0.3 is 6.09 Å². The van der Waals surface area contributed by atoms with Crippen LogP contribution in [0, 0.1) is 19.8 Å². The van der Waals surface area contributed by atoms with Crippen LogP contribution in [0.15, 0.2) is 60.7 Å². The van der Waals surface area contributed by atoms with Crippen LogP contribution >= 0.6 is 0 Å². The van der Waals surface area contributed by atoms with Crippen LogP contribution in [0.4, 0.5) is 10.5 Å². The largest absolute Gasteiger partial charge is 0.444 e. The minimum Gasteiger partial charge on any atom is -0.444 e. The molecule has 3 amide bonds. The summed E-state index contributed by atoms with van der Waals surface area (Å²) < 4.78 is 5.35. The first-order valence-electron chi connectivity index (χ1n) is 14.4. The first kappa shape index (κ1) is 31.7. The number of anilines is 1. The lowest BCUT2D eigenvalue weighted by atomic mass is 9.94. The number of aryl methyl sites for hydroxylation is 2. The van der Waals surface area contributed by atoms with E-state index < -0.39 is 17.7 Å². The van der Waals surface area contributed by atoms with Gasteiger partial charge in [0, 0.05) is 11.7 Å². The quantitative estimate of drug-likeness (QED) is 0.273. The van der Waals surface area contributed by atoms with Crippen molar-refractivity contribution in [3.63, 3.8) is 0 Å². The van der Waals surface area contributed by atoms with Crippen LogP contribution in [0.2, 0.25) is 0 Å². The predicted molar refractivity (Wildman–Crippen MR) is 166 cm³/mol. The van der Waals surface area contributed by atoms with E-state index in [9.17, 15) is 14.4 Å². The summed E-state index contributed by atoms with van der Waals surface area (Å²) in [5, 5.41) is 7.76. The SMILES string of the molecule is Cc1ccc(C(C(=O)Nc2ccc3ccccc3c2)N(C(=O)CNC(=O)OC(C)(C)C)C(C)CCC(C)C)c(C)c1. The maximum atomic E-state index is 14.2. The van der Waals surface area contributed by atoms with Crippen molar-refractivity contribution in [2.75, 3.05) is 11.9 Å². The molecule has 3 aromatic rings.